The zero-order chi connectivity index (χ0) is 8.27. The number of phenolic OH excluding ortho intramolecular Hbond substituents is 1. The minimum atomic E-state index is 0.216. The maximum absolute atomic E-state index is 8.92. The number of halogens is 2. The Balaban J connectivity index is 2.99. The van der Waals surface area contributed by atoms with Gasteiger partial charge in [0, 0.05) is 5.54 Å². The molecule has 1 aromatic carbocycles. The molecule has 0 unspecified atom stereocenters. The van der Waals surface area contributed by atoms with Crippen LogP contribution in [0.5, 0.6) is 5.75 Å². The van der Waals surface area contributed by atoms with Crippen LogP contribution in [0.4, 0.5) is 0 Å². The number of rotatable bonds is 1. The van der Waals surface area contributed by atoms with Gasteiger partial charge in [0.1, 0.15) is 5.75 Å². The lowest BCUT2D eigenvalue weighted by molar-refractivity contribution is 0.475. The van der Waals surface area contributed by atoms with E-state index in [9.17, 15) is 0 Å². The van der Waals surface area contributed by atoms with E-state index >= 15 is 0 Å². The highest BCUT2D eigenvalue weighted by atomic mass is 35.5. The van der Waals surface area contributed by atoms with Crippen molar-refractivity contribution in [3.8, 4) is 5.75 Å². The molecule has 0 radical (unpaired) electrons. The van der Waals surface area contributed by atoms with Crippen molar-refractivity contribution in [2.45, 2.75) is 0 Å². The van der Waals surface area contributed by atoms with E-state index in [0.717, 1.165) is 5.56 Å². The normalized spacial score (nSPS) is 11.6. The molecule has 0 aromatic heterocycles. The SMILES string of the molecule is Oc1ccc(/C(Cl)=C/Cl)cc1. The first kappa shape index (κ1) is 8.44. The number of benzene rings is 1. The van der Waals surface area contributed by atoms with Crippen LogP contribution in [-0.4, -0.2) is 5.11 Å². The van der Waals surface area contributed by atoms with Crippen LogP contribution in [0, 0.1) is 0 Å². The molecule has 0 aliphatic rings. The zero-order valence-electron chi connectivity index (χ0n) is 5.59. The van der Waals surface area contributed by atoms with Crippen LogP contribution < -0.4 is 0 Å². The third-order valence-electron chi connectivity index (χ3n) is 1.24. The smallest absolute Gasteiger partial charge is 0.115 e. The molecular formula is C8H6Cl2O. The van der Waals surface area contributed by atoms with Crippen molar-refractivity contribution in [2.24, 2.45) is 0 Å². The fourth-order valence-electron chi connectivity index (χ4n) is 0.684. The van der Waals surface area contributed by atoms with Crippen molar-refractivity contribution >= 4 is 28.2 Å². The van der Waals surface area contributed by atoms with Crippen LogP contribution in [-0.2, 0) is 0 Å². The summed E-state index contributed by atoms with van der Waals surface area (Å²) in [6.07, 6.45) is 0. The summed E-state index contributed by atoms with van der Waals surface area (Å²) in [5.41, 5.74) is 2.08. The van der Waals surface area contributed by atoms with Gasteiger partial charge in [-0.05, 0) is 29.8 Å². The lowest BCUT2D eigenvalue weighted by Crippen LogP contribution is -1.73. The Morgan fingerprint density at radius 3 is 2.27 bits per heavy atom. The van der Waals surface area contributed by atoms with E-state index in [2.05, 4.69) is 0 Å². The maximum Gasteiger partial charge on any atom is 0.115 e. The van der Waals surface area contributed by atoms with Gasteiger partial charge in [-0.25, -0.2) is 0 Å². The summed E-state index contributed by atoms with van der Waals surface area (Å²) in [6.45, 7) is 0. The summed E-state index contributed by atoms with van der Waals surface area (Å²) in [5, 5.41) is 9.38. The van der Waals surface area contributed by atoms with Gasteiger partial charge < -0.3 is 5.11 Å². The quantitative estimate of drug-likeness (QED) is 0.719. The van der Waals surface area contributed by atoms with Crippen LogP contribution in [0.3, 0.4) is 0 Å². The number of hydrogen-bond acceptors (Lipinski definition) is 1. The standard InChI is InChI=1S/C8H6Cl2O/c9-5-8(10)6-1-3-7(11)4-2-6/h1-5,11H/b8-5-. The van der Waals surface area contributed by atoms with E-state index in [0.29, 0.717) is 5.03 Å². The van der Waals surface area contributed by atoms with Gasteiger partial charge in [-0.3, -0.25) is 0 Å². The van der Waals surface area contributed by atoms with E-state index in [1.807, 2.05) is 0 Å². The molecule has 11 heavy (non-hydrogen) atoms. The largest absolute Gasteiger partial charge is 0.508 e. The number of phenols is 1. The predicted molar refractivity (Wildman–Crippen MR) is 47.8 cm³/mol. The summed E-state index contributed by atoms with van der Waals surface area (Å²) in [6, 6.07) is 6.49. The molecule has 0 atom stereocenters. The fourth-order valence-corrected chi connectivity index (χ4v) is 0.936. The van der Waals surface area contributed by atoms with E-state index in [-0.39, 0.29) is 5.75 Å². The summed E-state index contributed by atoms with van der Waals surface area (Å²) in [7, 11) is 0. The summed E-state index contributed by atoms with van der Waals surface area (Å²) in [4.78, 5) is 0. The van der Waals surface area contributed by atoms with Crippen molar-refractivity contribution in [1.82, 2.24) is 0 Å². The first-order chi connectivity index (χ1) is 5.24. The molecular weight excluding hydrogens is 183 g/mol. The highest BCUT2D eigenvalue weighted by Gasteiger charge is 1.95. The second-order valence-electron chi connectivity index (χ2n) is 2.00. The molecule has 1 nitrogen and oxygen atoms in total. The van der Waals surface area contributed by atoms with E-state index in [1.54, 1.807) is 24.3 Å². The minimum Gasteiger partial charge on any atom is -0.508 e. The predicted octanol–water partition coefficient (Wildman–Crippen LogP) is 3.17. The zero-order valence-corrected chi connectivity index (χ0v) is 7.10. The number of hydrogen-bond donors (Lipinski definition) is 1. The van der Waals surface area contributed by atoms with Gasteiger partial charge in [0.15, 0.2) is 0 Å². The van der Waals surface area contributed by atoms with Crippen molar-refractivity contribution < 1.29 is 5.11 Å². The summed E-state index contributed by atoms with van der Waals surface area (Å²) < 4.78 is 0. The Labute approximate surface area is 74.9 Å². The molecule has 0 amide bonds. The summed E-state index contributed by atoms with van der Waals surface area (Å²) in [5.74, 6) is 0.216. The second-order valence-corrected chi connectivity index (χ2v) is 2.63. The second kappa shape index (κ2) is 3.65. The molecule has 0 spiro atoms. The molecule has 1 aromatic rings. The average Bonchev–Trinajstić information content (AvgIpc) is 2.05. The van der Waals surface area contributed by atoms with E-state index in [4.69, 9.17) is 28.3 Å². The van der Waals surface area contributed by atoms with Crippen LogP contribution in [0.1, 0.15) is 5.56 Å². The number of aromatic hydroxyl groups is 1. The van der Waals surface area contributed by atoms with Gasteiger partial charge >= 0.3 is 0 Å². The first-order valence-electron chi connectivity index (χ1n) is 2.99. The Hall–Kier alpha value is -0.660. The summed E-state index contributed by atoms with van der Waals surface area (Å²) >= 11 is 11.1. The third-order valence-corrected chi connectivity index (χ3v) is 1.90. The maximum atomic E-state index is 8.92. The van der Waals surface area contributed by atoms with Crippen LogP contribution in [0.15, 0.2) is 29.8 Å². The van der Waals surface area contributed by atoms with Gasteiger partial charge in [0.25, 0.3) is 0 Å². The van der Waals surface area contributed by atoms with E-state index < -0.39 is 0 Å². The molecule has 0 saturated heterocycles. The topological polar surface area (TPSA) is 20.2 Å². The van der Waals surface area contributed by atoms with Gasteiger partial charge in [0.2, 0.25) is 0 Å². The third kappa shape index (κ3) is 2.14. The van der Waals surface area contributed by atoms with Crippen LogP contribution >= 0.6 is 23.2 Å². The minimum absolute atomic E-state index is 0.216. The lowest BCUT2D eigenvalue weighted by atomic mass is 10.2. The molecule has 0 aliphatic heterocycles. The Kier molecular flexibility index (Phi) is 2.80. The molecule has 0 bridgehead atoms. The van der Waals surface area contributed by atoms with Crippen LogP contribution in [0.25, 0.3) is 5.03 Å². The molecule has 1 N–H and O–H groups in total. The van der Waals surface area contributed by atoms with Gasteiger partial charge in [-0.1, -0.05) is 23.2 Å². The molecule has 0 fully saturated rings. The van der Waals surface area contributed by atoms with Crippen molar-refractivity contribution in [3.63, 3.8) is 0 Å². The Morgan fingerprint density at radius 1 is 1.27 bits per heavy atom. The molecule has 0 aliphatic carbocycles. The molecule has 0 saturated carbocycles. The van der Waals surface area contributed by atoms with E-state index in [1.165, 1.54) is 5.54 Å². The Morgan fingerprint density at radius 2 is 1.82 bits per heavy atom. The highest BCUT2D eigenvalue weighted by molar-refractivity contribution is 6.52. The van der Waals surface area contributed by atoms with Gasteiger partial charge in [-0.15, -0.1) is 0 Å². The van der Waals surface area contributed by atoms with Crippen molar-refractivity contribution in [1.29, 1.82) is 0 Å². The molecule has 3 heteroatoms. The molecule has 58 valence electrons. The average molecular weight is 189 g/mol. The molecule has 0 heterocycles. The molecule has 1 rings (SSSR count). The fraction of sp³-hybridized carbons (Fsp3) is 0. The van der Waals surface area contributed by atoms with Gasteiger partial charge in [0.05, 0.1) is 5.03 Å². The first-order valence-corrected chi connectivity index (χ1v) is 3.81. The van der Waals surface area contributed by atoms with Crippen molar-refractivity contribution in [3.05, 3.63) is 35.4 Å². The highest BCUT2D eigenvalue weighted by Crippen LogP contribution is 2.21. The van der Waals surface area contributed by atoms with Crippen molar-refractivity contribution in [2.75, 3.05) is 0 Å². The monoisotopic (exact) mass is 188 g/mol. The van der Waals surface area contributed by atoms with Gasteiger partial charge in [-0.2, -0.15) is 0 Å². The van der Waals surface area contributed by atoms with Crippen LogP contribution in [0.2, 0.25) is 0 Å². The Bertz CT molecular complexity index is 264. The lowest BCUT2D eigenvalue weighted by Gasteiger charge is -1.96.